The zero-order valence-corrected chi connectivity index (χ0v) is 20.0. The Balaban J connectivity index is 1.72. The summed E-state index contributed by atoms with van der Waals surface area (Å²) < 4.78 is 56.0. The lowest BCUT2D eigenvalue weighted by atomic mass is 9.70. The lowest BCUT2D eigenvalue weighted by molar-refractivity contribution is -0.137. The Kier molecular flexibility index (Phi) is 6.48. The van der Waals surface area contributed by atoms with Crippen molar-refractivity contribution in [3.05, 3.63) is 81.9 Å². The molecule has 1 aliphatic carbocycles. The fourth-order valence-electron chi connectivity index (χ4n) is 4.63. The zero-order valence-electron chi connectivity index (χ0n) is 20.0. The highest BCUT2D eigenvalue weighted by Crippen LogP contribution is 2.48. The molecule has 0 unspecified atom stereocenters. The lowest BCUT2D eigenvalue weighted by Gasteiger charge is -2.37. The molecule has 2 aromatic carbocycles. The molecule has 0 radical (unpaired) electrons. The van der Waals surface area contributed by atoms with Gasteiger partial charge in [-0.1, -0.05) is 26.0 Å². The second-order valence-electron chi connectivity index (χ2n) is 9.59. The third-order valence-electron chi connectivity index (χ3n) is 6.27. The molecule has 6 nitrogen and oxygen atoms in total. The fourth-order valence-corrected chi connectivity index (χ4v) is 4.63. The number of carbonyl (C=O) groups is 1. The second-order valence-corrected chi connectivity index (χ2v) is 9.59. The number of benzene rings is 2. The smallest absolute Gasteiger partial charge is 0.416 e. The normalized spacial score (nSPS) is 19.4. The summed E-state index contributed by atoms with van der Waals surface area (Å²) in [4.78, 5) is 13.2. The maximum absolute atomic E-state index is 13.2. The average molecular weight is 499 g/mol. The van der Waals surface area contributed by atoms with Crippen molar-refractivity contribution in [2.75, 3.05) is 7.11 Å². The molecule has 1 atom stereocenters. The first-order chi connectivity index (χ1) is 16.9. The molecule has 2 N–H and O–H groups in total. The Morgan fingerprint density at radius 2 is 1.94 bits per heavy atom. The van der Waals surface area contributed by atoms with E-state index in [-0.39, 0.29) is 35.0 Å². The minimum absolute atomic E-state index is 0.0416. The molecule has 188 valence electrons. The van der Waals surface area contributed by atoms with E-state index in [1.165, 1.54) is 19.2 Å². The summed E-state index contributed by atoms with van der Waals surface area (Å²) in [5, 5.41) is 9.84. The lowest BCUT2D eigenvalue weighted by Crippen LogP contribution is -2.33. The van der Waals surface area contributed by atoms with Gasteiger partial charge >= 0.3 is 6.18 Å². The molecule has 36 heavy (non-hydrogen) atoms. The van der Waals surface area contributed by atoms with Crippen molar-refractivity contribution in [3.63, 3.8) is 0 Å². The van der Waals surface area contributed by atoms with Crippen LogP contribution in [0.25, 0.3) is 0 Å². The van der Waals surface area contributed by atoms with Crippen LogP contribution in [0.5, 0.6) is 11.5 Å². The highest BCUT2D eigenvalue weighted by molar-refractivity contribution is 6.00. The van der Waals surface area contributed by atoms with Crippen molar-refractivity contribution in [2.45, 2.75) is 45.4 Å². The van der Waals surface area contributed by atoms with Crippen molar-refractivity contribution < 1.29 is 32.2 Å². The minimum atomic E-state index is -4.49. The van der Waals surface area contributed by atoms with E-state index in [2.05, 4.69) is 6.07 Å². The number of hydrogen-bond acceptors (Lipinski definition) is 6. The van der Waals surface area contributed by atoms with Gasteiger partial charge in [0.1, 0.15) is 35.5 Å². The molecule has 0 saturated heterocycles. The number of ether oxygens (including phenoxy) is 3. The van der Waals surface area contributed by atoms with E-state index in [0.29, 0.717) is 41.1 Å². The molecule has 9 heteroatoms. The van der Waals surface area contributed by atoms with E-state index >= 15 is 0 Å². The highest BCUT2D eigenvalue weighted by atomic mass is 19.4. The third-order valence-corrected chi connectivity index (χ3v) is 6.27. The average Bonchev–Trinajstić information content (AvgIpc) is 2.80. The largest absolute Gasteiger partial charge is 0.496 e. The molecule has 4 rings (SSSR count). The quantitative estimate of drug-likeness (QED) is 0.565. The van der Waals surface area contributed by atoms with E-state index in [1.54, 1.807) is 18.2 Å². The summed E-state index contributed by atoms with van der Waals surface area (Å²) in [7, 11) is 1.46. The number of alkyl halides is 3. The molecule has 0 saturated carbocycles. The van der Waals surface area contributed by atoms with Gasteiger partial charge in [-0.05, 0) is 41.3 Å². The Morgan fingerprint density at radius 3 is 2.61 bits per heavy atom. The maximum Gasteiger partial charge on any atom is 0.416 e. The van der Waals surface area contributed by atoms with Crippen molar-refractivity contribution >= 4 is 5.78 Å². The van der Waals surface area contributed by atoms with Gasteiger partial charge in [0.15, 0.2) is 5.78 Å². The van der Waals surface area contributed by atoms with Crippen molar-refractivity contribution in [2.24, 2.45) is 11.1 Å². The van der Waals surface area contributed by atoms with E-state index in [0.717, 1.165) is 12.1 Å². The number of methoxy groups -OCH3 is 1. The number of nitrogens with zero attached hydrogens (tertiary/aromatic N) is 1. The van der Waals surface area contributed by atoms with Crippen molar-refractivity contribution in [1.82, 2.24) is 0 Å². The van der Waals surface area contributed by atoms with Gasteiger partial charge in [0.2, 0.25) is 5.88 Å². The van der Waals surface area contributed by atoms with Crippen LogP contribution in [0, 0.1) is 16.7 Å². The van der Waals surface area contributed by atoms with Gasteiger partial charge in [-0.25, -0.2) is 0 Å². The van der Waals surface area contributed by atoms with E-state index in [4.69, 9.17) is 19.9 Å². The first-order valence-corrected chi connectivity index (χ1v) is 11.2. The van der Waals surface area contributed by atoms with Gasteiger partial charge in [-0.2, -0.15) is 18.4 Å². The minimum Gasteiger partial charge on any atom is -0.496 e. The fraction of sp³-hybridized carbons (Fsp3) is 0.333. The second kappa shape index (κ2) is 9.26. The number of nitrogens with two attached hydrogens (primary N) is 1. The van der Waals surface area contributed by atoms with E-state index in [1.807, 2.05) is 13.8 Å². The molecule has 0 fully saturated rings. The van der Waals surface area contributed by atoms with Gasteiger partial charge in [0.05, 0.1) is 18.6 Å². The van der Waals surface area contributed by atoms with Crippen LogP contribution >= 0.6 is 0 Å². The molecule has 0 bridgehead atoms. The number of allylic oxidation sites excluding steroid dienone is 3. The topological polar surface area (TPSA) is 94.6 Å². The van der Waals surface area contributed by atoms with Gasteiger partial charge in [-0.3, -0.25) is 4.79 Å². The Morgan fingerprint density at radius 1 is 1.19 bits per heavy atom. The number of halogens is 3. The van der Waals surface area contributed by atoms with Crippen LogP contribution in [0.1, 0.15) is 49.3 Å². The zero-order chi connectivity index (χ0) is 26.3. The van der Waals surface area contributed by atoms with E-state index < -0.39 is 17.7 Å². The van der Waals surface area contributed by atoms with Gasteiger partial charge in [0, 0.05) is 24.0 Å². The summed E-state index contributed by atoms with van der Waals surface area (Å²) in [6, 6.07) is 11.8. The summed E-state index contributed by atoms with van der Waals surface area (Å²) in [5.74, 6) is 0.0303. The number of carbonyl (C=O) groups excluding carboxylic acids is 1. The monoisotopic (exact) mass is 498 g/mol. The number of rotatable bonds is 5. The molecule has 1 heterocycles. The summed E-state index contributed by atoms with van der Waals surface area (Å²) in [6.07, 6.45) is -3.70. The number of nitriles is 1. The number of Topliss-reactive ketones (excluding diaryl/α,β-unsaturated/α-hetero) is 1. The Bertz CT molecular complexity index is 1320. The third kappa shape index (κ3) is 4.89. The van der Waals surface area contributed by atoms with Crippen molar-refractivity contribution in [3.8, 4) is 17.6 Å². The molecule has 0 amide bonds. The number of hydrogen-bond donors (Lipinski definition) is 1. The molecular formula is C27H25F3N2O4. The first kappa shape index (κ1) is 25.2. The Labute approximate surface area is 206 Å². The van der Waals surface area contributed by atoms with Crippen molar-refractivity contribution in [1.29, 1.82) is 5.26 Å². The van der Waals surface area contributed by atoms with Gasteiger partial charge in [-0.15, -0.1) is 0 Å². The molecule has 0 spiro atoms. The predicted octanol–water partition coefficient (Wildman–Crippen LogP) is 5.74. The van der Waals surface area contributed by atoms with Crippen LogP contribution < -0.4 is 15.2 Å². The predicted molar refractivity (Wildman–Crippen MR) is 124 cm³/mol. The van der Waals surface area contributed by atoms with E-state index in [9.17, 15) is 23.2 Å². The van der Waals surface area contributed by atoms with Crippen LogP contribution in [0.4, 0.5) is 13.2 Å². The first-order valence-electron chi connectivity index (χ1n) is 11.2. The SMILES string of the molecule is COc1ccc([C@H]2C(C#N)=C(N)OC3=C2C(=O)CC(C)(C)C3)cc1COc1cccc(C(F)(F)F)c1. The molecule has 0 aromatic heterocycles. The molecular weight excluding hydrogens is 473 g/mol. The summed E-state index contributed by atoms with van der Waals surface area (Å²) >= 11 is 0. The Hall–Kier alpha value is -3.93. The maximum atomic E-state index is 13.2. The van der Waals surface area contributed by atoms with Crippen LogP contribution in [0.3, 0.4) is 0 Å². The molecule has 2 aromatic rings. The standard InChI is InChI=1S/C27H25F3N2O4/c1-26(2)11-20(33)24-22(12-26)36-25(32)19(13-31)23(24)15-7-8-21(34-3)16(9-15)14-35-18-6-4-5-17(10-18)27(28,29)30/h4-10,23H,11-12,14,32H2,1-3H3/t23-/m0/s1. The number of ketones is 1. The summed E-state index contributed by atoms with van der Waals surface area (Å²) in [6.45, 7) is 3.82. The van der Waals surface area contributed by atoms with Crippen LogP contribution in [0.15, 0.2) is 65.3 Å². The molecule has 2 aliphatic rings. The summed E-state index contributed by atoms with van der Waals surface area (Å²) in [5.41, 5.74) is 6.60. The van der Waals surface area contributed by atoms with Gasteiger partial charge in [0.25, 0.3) is 0 Å². The van der Waals surface area contributed by atoms with Crippen LogP contribution in [-0.4, -0.2) is 12.9 Å². The van der Waals surface area contributed by atoms with Crippen LogP contribution in [-0.2, 0) is 22.3 Å². The van der Waals surface area contributed by atoms with Crippen LogP contribution in [0.2, 0.25) is 0 Å². The molecule has 1 aliphatic heterocycles. The highest BCUT2D eigenvalue weighted by Gasteiger charge is 2.43. The van der Waals surface area contributed by atoms with Gasteiger partial charge < -0.3 is 19.9 Å².